The predicted octanol–water partition coefficient (Wildman–Crippen LogP) is 2.34. The third-order valence-electron chi connectivity index (χ3n) is 5.86. The molecule has 2 atom stereocenters. The quantitative estimate of drug-likeness (QED) is 0.698. The van der Waals surface area contributed by atoms with Gasteiger partial charge in [-0.25, -0.2) is 19.6 Å². The average Bonchev–Trinajstić information content (AvgIpc) is 3.35. The predicted molar refractivity (Wildman–Crippen MR) is 118 cm³/mol. The molecule has 2 amide bonds. The summed E-state index contributed by atoms with van der Waals surface area (Å²) in [5, 5.41) is 12.1. The van der Waals surface area contributed by atoms with Crippen molar-refractivity contribution >= 4 is 29.3 Å². The highest BCUT2D eigenvalue weighted by atomic mass is 16.7. The van der Waals surface area contributed by atoms with Gasteiger partial charge in [0.2, 0.25) is 0 Å². The highest BCUT2D eigenvalue weighted by molar-refractivity contribution is 6.04. The van der Waals surface area contributed by atoms with Crippen LogP contribution in [0, 0.1) is 0 Å². The van der Waals surface area contributed by atoms with Gasteiger partial charge in [-0.05, 0) is 38.5 Å². The number of aromatic nitrogens is 2. The Morgan fingerprint density at radius 2 is 2.18 bits per heavy atom. The van der Waals surface area contributed by atoms with Gasteiger partial charge in [-0.3, -0.25) is 10.2 Å². The zero-order valence-electron chi connectivity index (χ0n) is 18.4. The topological polar surface area (TPSA) is 126 Å². The molecule has 2 aromatic heterocycles. The Hall–Kier alpha value is -3.44. The average molecular weight is 455 g/mol. The van der Waals surface area contributed by atoms with Crippen molar-refractivity contribution in [1.82, 2.24) is 9.97 Å². The summed E-state index contributed by atoms with van der Waals surface area (Å²) < 4.78 is 17.1. The van der Waals surface area contributed by atoms with Crippen LogP contribution in [0.5, 0.6) is 5.75 Å². The lowest BCUT2D eigenvalue weighted by Crippen LogP contribution is -2.48. The van der Waals surface area contributed by atoms with E-state index >= 15 is 0 Å². The van der Waals surface area contributed by atoms with Gasteiger partial charge in [-0.2, -0.15) is 0 Å². The minimum absolute atomic E-state index is 0.101. The molecule has 174 valence electrons. The van der Waals surface area contributed by atoms with Crippen LogP contribution in [0.25, 0.3) is 0 Å². The molecule has 0 spiro atoms. The molecule has 33 heavy (non-hydrogen) atoms. The normalized spacial score (nSPS) is 22.7. The molecule has 2 fully saturated rings. The second-order valence-corrected chi connectivity index (χ2v) is 8.67. The Bertz CT molecular complexity index is 1090. The van der Waals surface area contributed by atoms with E-state index in [4.69, 9.17) is 14.2 Å². The summed E-state index contributed by atoms with van der Waals surface area (Å²) >= 11 is 0. The molecule has 11 heteroatoms. The molecule has 3 aliphatic heterocycles. The molecule has 2 aromatic rings. The molecule has 0 aliphatic carbocycles. The number of nitrogens with one attached hydrogen (secondary N) is 1. The Morgan fingerprint density at radius 3 is 2.94 bits per heavy atom. The molecule has 5 rings (SSSR count). The van der Waals surface area contributed by atoms with Crippen LogP contribution in [0.15, 0.2) is 30.5 Å². The molecule has 5 heterocycles. The van der Waals surface area contributed by atoms with Crippen LogP contribution in [0.4, 0.5) is 22.1 Å². The SMILES string of the molecule is CC1(C)OCC(COc2ccnc(NC(=O)N3c4nc(C(=O)O)ccc4N4CC[C@H]3C4)c2)O1. The second-order valence-electron chi connectivity index (χ2n) is 8.67. The van der Waals surface area contributed by atoms with Crippen LogP contribution in [0.1, 0.15) is 30.8 Å². The van der Waals surface area contributed by atoms with Crippen molar-refractivity contribution in [3.8, 4) is 5.75 Å². The second kappa shape index (κ2) is 8.16. The van der Waals surface area contributed by atoms with E-state index in [1.54, 1.807) is 24.4 Å². The standard InChI is InChI=1S/C22H25N5O6/c1-22(2)32-12-15(33-22)11-31-14-5-7-23-18(9-14)25-21(30)27-13-6-8-26(10-13)17-4-3-16(20(28)29)24-19(17)27/h3-5,7,9,13,15H,6,8,10-12H2,1-2H3,(H,28,29)(H,23,25,30)/t13-,15?/m0/s1. The minimum atomic E-state index is -1.14. The highest BCUT2D eigenvalue weighted by Crippen LogP contribution is 2.39. The summed E-state index contributed by atoms with van der Waals surface area (Å²) in [6.07, 6.45) is 2.13. The first-order valence-corrected chi connectivity index (χ1v) is 10.8. The fourth-order valence-electron chi connectivity index (χ4n) is 4.36. The number of nitrogens with zero attached hydrogens (tertiary/aromatic N) is 4. The van der Waals surface area contributed by atoms with E-state index in [1.807, 2.05) is 13.8 Å². The van der Waals surface area contributed by atoms with Gasteiger partial charge in [0, 0.05) is 25.4 Å². The van der Waals surface area contributed by atoms with Gasteiger partial charge in [-0.1, -0.05) is 0 Å². The molecule has 11 nitrogen and oxygen atoms in total. The third-order valence-corrected chi connectivity index (χ3v) is 5.86. The van der Waals surface area contributed by atoms with Crippen molar-refractivity contribution < 1.29 is 28.9 Å². The van der Waals surface area contributed by atoms with Gasteiger partial charge in [0.1, 0.15) is 24.3 Å². The Morgan fingerprint density at radius 1 is 1.33 bits per heavy atom. The number of amides is 2. The number of ether oxygens (including phenoxy) is 3. The van der Waals surface area contributed by atoms with Gasteiger partial charge < -0.3 is 24.2 Å². The van der Waals surface area contributed by atoms with Crippen LogP contribution >= 0.6 is 0 Å². The van der Waals surface area contributed by atoms with Gasteiger partial charge in [0.05, 0.1) is 18.3 Å². The number of urea groups is 1. The molecule has 1 unspecified atom stereocenters. The van der Waals surface area contributed by atoms with Crippen molar-refractivity contribution in [2.24, 2.45) is 0 Å². The largest absolute Gasteiger partial charge is 0.491 e. The van der Waals surface area contributed by atoms with Crippen LogP contribution < -0.4 is 19.9 Å². The van der Waals surface area contributed by atoms with E-state index in [9.17, 15) is 14.7 Å². The highest BCUT2D eigenvalue weighted by Gasteiger charge is 2.40. The zero-order chi connectivity index (χ0) is 23.2. The van der Waals surface area contributed by atoms with Gasteiger partial charge in [-0.15, -0.1) is 0 Å². The lowest BCUT2D eigenvalue weighted by Gasteiger charge is -2.35. The smallest absolute Gasteiger partial charge is 0.354 e. The first-order chi connectivity index (χ1) is 15.8. The summed E-state index contributed by atoms with van der Waals surface area (Å²) in [6.45, 7) is 5.90. The molecular weight excluding hydrogens is 430 g/mol. The Balaban J connectivity index is 1.31. The van der Waals surface area contributed by atoms with E-state index in [0.717, 1.165) is 18.7 Å². The third kappa shape index (κ3) is 4.29. The number of rotatable bonds is 5. The van der Waals surface area contributed by atoms with E-state index < -0.39 is 17.8 Å². The van der Waals surface area contributed by atoms with E-state index in [1.165, 1.54) is 11.0 Å². The van der Waals surface area contributed by atoms with Crippen molar-refractivity contribution in [2.75, 3.05) is 41.4 Å². The van der Waals surface area contributed by atoms with Crippen molar-refractivity contribution in [3.63, 3.8) is 0 Å². The Labute approximate surface area is 190 Å². The van der Waals surface area contributed by atoms with Gasteiger partial charge in [0.15, 0.2) is 17.3 Å². The molecule has 0 aromatic carbocycles. The fourth-order valence-corrected chi connectivity index (χ4v) is 4.36. The van der Waals surface area contributed by atoms with Crippen LogP contribution in [-0.2, 0) is 9.47 Å². The number of fused-ring (bicyclic) bond motifs is 4. The van der Waals surface area contributed by atoms with E-state index in [0.29, 0.717) is 37.1 Å². The van der Waals surface area contributed by atoms with Crippen LogP contribution in [-0.4, -0.2) is 71.3 Å². The molecule has 2 N–H and O–H groups in total. The Kier molecular flexibility index (Phi) is 5.29. The number of aromatic carboxylic acids is 1. The monoisotopic (exact) mass is 455 g/mol. The van der Waals surface area contributed by atoms with E-state index in [-0.39, 0.29) is 17.8 Å². The number of carboxylic acid groups (broad SMARTS) is 1. The molecule has 0 radical (unpaired) electrons. The van der Waals surface area contributed by atoms with Crippen molar-refractivity contribution in [1.29, 1.82) is 0 Å². The number of carboxylic acids is 1. The molecule has 2 saturated heterocycles. The summed E-state index contributed by atoms with van der Waals surface area (Å²) in [5.41, 5.74) is 0.638. The summed E-state index contributed by atoms with van der Waals surface area (Å²) in [7, 11) is 0. The van der Waals surface area contributed by atoms with E-state index in [2.05, 4.69) is 20.2 Å². The molecule has 2 bridgehead atoms. The number of hydrogen-bond acceptors (Lipinski definition) is 8. The summed E-state index contributed by atoms with van der Waals surface area (Å²) in [5.74, 6) is -0.573. The van der Waals surface area contributed by atoms with Crippen molar-refractivity contribution in [3.05, 3.63) is 36.2 Å². The van der Waals surface area contributed by atoms with Gasteiger partial charge in [0.25, 0.3) is 0 Å². The maximum Gasteiger partial charge on any atom is 0.354 e. The summed E-state index contributed by atoms with van der Waals surface area (Å²) in [4.78, 5) is 36.8. The van der Waals surface area contributed by atoms with Gasteiger partial charge >= 0.3 is 12.0 Å². The zero-order valence-corrected chi connectivity index (χ0v) is 18.4. The van der Waals surface area contributed by atoms with Crippen molar-refractivity contribution in [2.45, 2.75) is 38.2 Å². The summed E-state index contributed by atoms with van der Waals surface area (Å²) in [6, 6.07) is 5.97. The fraction of sp³-hybridized carbons (Fsp3) is 0.455. The number of carbonyl (C=O) groups is 2. The lowest BCUT2D eigenvalue weighted by atomic mass is 10.2. The minimum Gasteiger partial charge on any atom is -0.491 e. The number of pyridine rings is 2. The molecule has 3 aliphatic rings. The maximum absolute atomic E-state index is 13.2. The molecule has 0 saturated carbocycles. The number of carbonyl (C=O) groups excluding carboxylic acids is 1. The first-order valence-electron chi connectivity index (χ1n) is 10.8. The number of anilines is 3. The maximum atomic E-state index is 13.2. The first kappa shape index (κ1) is 21.4. The molecular formula is C22H25N5O6. The van der Waals surface area contributed by atoms with Crippen LogP contribution in [0.3, 0.4) is 0 Å². The lowest BCUT2D eigenvalue weighted by molar-refractivity contribution is -0.141. The van der Waals surface area contributed by atoms with Crippen LogP contribution in [0.2, 0.25) is 0 Å². The number of hydrogen-bond donors (Lipinski definition) is 2.